The molecule has 3 rings (SSSR count). The number of carbonyl (C=O) groups excluding carboxylic acids is 1. The van der Waals surface area contributed by atoms with Crippen molar-refractivity contribution < 1.29 is 9.53 Å². The number of benzene rings is 1. The van der Waals surface area contributed by atoms with Crippen molar-refractivity contribution >= 4 is 22.8 Å². The number of fused-ring (bicyclic) bond motifs is 1. The highest BCUT2D eigenvalue weighted by molar-refractivity contribution is 5.80. The Morgan fingerprint density at radius 2 is 2.08 bits per heavy atom. The highest BCUT2D eigenvalue weighted by Crippen LogP contribution is 2.22. The number of carbonyl (C=O) groups is 1. The number of ether oxygens (including phenoxy) is 1. The third-order valence-corrected chi connectivity index (χ3v) is 4.77. The van der Waals surface area contributed by atoms with Crippen LogP contribution in [0.15, 0.2) is 18.2 Å². The topological polar surface area (TPSA) is 59.4 Å². The molecular formula is C19H28N4O2. The van der Waals surface area contributed by atoms with Gasteiger partial charge in [0.05, 0.1) is 17.6 Å². The number of amides is 1. The number of rotatable bonds is 4. The third-order valence-electron chi connectivity index (χ3n) is 4.77. The fraction of sp³-hybridized carbons (Fsp3) is 0.579. The van der Waals surface area contributed by atoms with Crippen molar-refractivity contribution in [2.24, 2.45) is 13.0 Å². The molecule has 1 aromatic carbocycles. The van der Waals surface area contributed by atoms with Gasteiger partial charge in [0.2, 0.25) is 0 Å². The molecule has 1 aromatic heterocycles. The second kappa shape index (κ2) is 7.33. The first-order valence-electron chi connectivity index (χ1n) is 9.05. The number of anilines is 1. The van der Waals surface area contributed by atoms with Crippen LogP contribution in [0, 0.1) is 12.8 Å². The van der Waals surface area contributed by atoms with Crippen molar-refractivity contribution in [3.05, 3.63) is 24.0 Å². The van der Waals surface area contributed by atoms with Gasteiger partial charge in [-0.25, -0.2) is 9.78 Å². The first kappa shape index (κ1) is 17.6. The van der Waals surface area contributed by atoms with Crippen molar-refractivity contribution in [1.29, 1.82) is 0 Å². The minimum atomic E-state index is -0.183. The Bertz CT molecular complexity index is 745. The molecule has 2 heterocycles. The average molecular weight is 344 g/mol. The van der Waals surface area contributed by atoms with Gasteiger partial charge in [0.1, 0.15) is 5.82 Å². The molecule has 25 heavy (non-hydrogen) atoms. The Kier molecular flexibility index (Phi) is 5.16. The summed E-state index contributed by atoms with van der Waals surface area (Å²) < 4.78 is 7.41. The highest BCUT2D eigenvalue weighted by Gasteiger charge is 2.24. The zero-order chi connectivity index (χ0) is 18.0. The molecule has 0 aliphatic carbocycles. The van der Waals surface area contributed by atoms with Gasteiger partial charge in [-0.3, -0.25) is 0 Å². The second-order valence-corrected chi connectivity index (χ2v) is 7.30. The Morgan fingerprint density at radius 3 is 2.76 bits per heavy atom. The minimum absolute atomic E-state index is 0.183. The van der Waals surface area contributed by atoms with Crippen molar-refractivity contribution in [2.75, 3.05) is 25.0 Å². The van der Waals surface area contributed by atoms with Gasteiger partial charge in [0.15, 0.2) is 0 Å². The molecule has 0 saturated carbocycles. The van der Waals surface area contributed by atoms with Crippen LogP contribution in [0.4, 0.5) is 10.5 Å². The summed E-state index contributed by atoms with van der Waals surface area (Å²) in [7, 11) is 2.03. The predicted octanol–water partition coefficient (Wildman–Crippen LogP) is 3.55. The van der Waals surface area contributed by atoms with Gasteiger partial charge < -0.3 is 19.5 Å². The molecular weight excluding hydrogens is 316 g/mol. The van der Waals surface area contributed by atoms with Crippen LogP contribution in [0.2, 0.25) is 0 Å². The zero-order valence-corrected chi connectivity index (χ0v) is 15.6. The summed E-state index contributed by atoms with van der Waals surface area (Å²) in [6.07, 6.45) is 1.67. The number of nitrogens with zero attached hydrogens (tertiary/aromatic N) is 3. The Morgan fingerprint density at radius 1 is 1.36 bits per heavy atom. The monoisotopic (exact) mass is 344 g/mol. The van der Waals surface area contributed by atoms with Crippen molar-refractivity contribution in [3.63, 3.8) is 0 Å². The van der Waals surface area contributed by atoms with E-state index in [-0.39, 0.29) is 6.09 Å². The standard InChI is InChI=1S/C19H28N4O2/c1-13(2)12-25-19(24)23-9-7-15(8-10-23)21-16-5-6-18-17(11-16)20-14(3)22(18)4/h5-6,11,13,15,21H,7-10,12H2,1-4H3. The summed E-state index contributed by atoms with van der Waals surface area (Å²) >= 11 is 0. The van der Waals surface area contributed by atoms with Gasteiger partial charge in [-0.2, -0.15) is 0 Å². The SMILES string of the molecule is Cc1nc2cc(NC3CCN(C(=O)OCC(C)C)CC3)ccc2n1C. The summed E-state index contributed by atoms with van der Waals surface area (Å²) in [5.74, 6) is 1.38. The molecule has 6 heteroatoms. The van der Waals surface area contributed by atoms with E-state index in [1.54, 1.807) is 0 Å². The lowest BCUT2D eigenvalue weighted by Gasteiger charge is -2.32. The van der Waals surface area contributed by atoms with Crippen LogP contribution in [0.1, 0.15) is 32.5 Å². The maximum absolute atomic E-state index is 12.0. The van der Waals surface area contributed by atoms with E-state index in [1.165, 1.54) is 0 Å². The quantitative estimate of drug-likeness (QED) is 0.921. The minimum Gasteiger partial charge on any atom is -0.449 e. The van der Waals surface area contributed by atoms with E-state index in [4.69, 9.17) is 4.74 Å². The fourth-order valence-corrected chi connectivity index (χ4v) is 3.18. The van der Waals surface area contributed by atoms with Crippen molar-refractivity contribution in [3.8, 4) is 0 Å². The Balaban J connectivity index is 1.54. The number of aromatic nitrogens is 2. The molecule has 0 atom stereocenters. The van der Waals surface area contributed by atoms with Gasteiger partial charge in [-0.1, -0.05) is 13.8 Å². The van der Waals surface area contributed by atoms with Crippen LogP contribution in [-0.4, -0.2) is 46.3 Å². The molecule has 1 N–H and O–H groups in total. The zero-order valence-electron chi connectivity index (χ0n) is 15.6. The number of aryl methyl sites for hydroxylation is 2. The number of hydrogen-bond donors (Lipinski definition) is 1. The number of nitrogens with one attached hydrogen (secondary N) is 1. The van der Waals surface area contributed by atoms with Crippen LogP contribution in [0.3, 0.4) is 0 Å². The number of likely N-dealkylation sites (tertiary alicyclic amines) is 1. The molecule has 1 fully saturated rings. The summed E-state index contributed by atoms with van der Waals surface area (Å²) in [5.41, 5.74) is 3.25. The van der Waals surface area contributed by atoms with E-state index in [0.29, 0.717) is 18.6 Å². The number of hydrogen-bond acceptors (Lipinski definition) is 4. The lowest BCUT2D eigenvalue weighted by atomic mass is 10.0. The van der Waals surface area contributed by atoms with Crippen molar-refractivity contribution in [1.82, 2.24) is 14.5 Å². The molecule has 1 aliphatic heterocycles. The molecule has 0 radical (unpaired) electrons. The average Bonchev–Trinajstić information content (AvgIpc) is 2.87. The molecule has 0 spiro atoms. The van der Waals surface area contributed by atoms with Crippen molar-refractivity contribution in [2.45, 2.75) is 39.7 Å². The number of imidazole rings is 1. The lowest BCUT2D eigenvalue weighted by molar-refractivity contribution is 0.0845. The van der Waals surface area contributed by atoms with Crippen LogP contribution in [-0.2, 0) is 11.8 Å². The van der Waals surface area contributed by atoms with Crippen LogP contribution in [0.25, 0.3) is 11.0 Å². The third kappa shape index (κ3) is 4.06. The first-order valence-corrected chi connectivity index (χ1v) is 9.05. The first-order chi connectivity index (χ1) is 11.9. The smallest absolute Gasteiger partial charge is 0.409 e. The van der Waals surface area contributed by atoms with Gasteiger partial charge in [-0.15, -0.1) is 0 Å². The summed E-state index contributed by atoms with van der Waals surface area (Å²) in [4.78, 5) is 18.4. The van der Waals surface area contributed by atoms with E-state index in [9.17, 15) is 4.79 Å². The normalized spacial score (nSPS) is 15.8. The molecule has 0 unspecified atom stereocenters. The maximum atomic E-state index is 12.0. The van der Waals surface area contributed by atoms with Gasteiger partial charge >= 0.3 is 6.09 Å². The van der Waals surface area contributed by atoms with Gasteiger partial charge in [0, 0.05) is 31.9 Å². The molecule has 1 saturated heterocycles. The summed E-state index contributed by atoms with van der Waals surface area (Å²) in [6.45, 7) is 8.06. The van der Waals surface area contributed by atoms with E-state index in [1.807, 2.05) is 32.7 Å². The molecule has 0 bridgehead atoms. The van der Waals surface area contributed by atoms with Gasteiger partial charge in [0.25, 0.3) is 0 Å². The van der Waals surface area contributed by atoms with E-state index in [0.717, 1.165) is 48.5 Å². The largest absolute Gasteiger partial charge is 0.449 e. The van der Waals surface area contributed by atoms with E-state index < -0.39 is 0 Å². The molecule has 136 valence electrons. The van der Waals surface area contributed by atoms with Gasteiger partial charge in [-0.05, 0) is 43.9 Å². The summed E-state index contributed by atoms with van der Waals surface area (Å²) in [6, 6.07) is 6.69. The van der Waals surface area contributed by atoms with E-state index >= 15 is 0 Å². The summed E-state index contributed by atoms with van der Waals surface area (Å²) in [5, 5.41) is 3.58. The van der Waals surface area contributed by atoms with Crippen LogP contribution >= 0.6 is 0 Å². The highest BCUT2D eigenvalue weighted by atomic mass is 16.6. The number of piperidine rings is 1. The lowest BCUT2D eigenvalue weighted by Crippen LogP contribution is -2.42. The van der Waals surface area contributed by atoms with Crippen LogP contribution in [0.5, 0.6) is 0 Å². The molecule has 1 aliphatic rings. The Hall–Kier alpha value is -2.24. The molecule has 1 amide bonds. The second-order valence-electron chi connectivity index (χ2n) is 7.30. The maximum Gasteiger partial charge on any atom is 0.409 e. The molecule has 2 aromatic rings. The van der Waals surface area contributed by atoms with Crippen LogP contribution < -0.4 is 5.32 Å². The predicted molar refractivity (Wildman–Crippen MR) is 99.9 cm³/mol. The Labute approximate surface area is 149 Å². The fourth-order valence-electron chi connectivity index (χ4n) is 3.18. The molecule has 6 nitrogen and oxygen atoms in total. The van der Waals surface area contributed by atoms with E-state index in [2.05, 4.69) is 33.1 Å².